The number of hydrogen-bond acceptors (Lipinski definition) is 4. The number of hydrogen-bond donors (Lipinski definition) is 1. The number of carbonyl (C=O) groups is 2. The summed E-state index contributed by atoms with van der Waals surface area (Å²) in [5.74, 6) is 0.604. The SMILES string of the molecule is Cc1ccc(NC(=O)CN(C)C(=O)CSC(=S)N2CCC[C@@H](C)C2)cc1. The van der Waals surface area contributed by atoms with E-state index in [4.69, 9.17) is 12.2 Å². The minimum absolute atomic E-state index is 0.0286. The number of anilines is 1. The van der Waals surface area contributed by atoms with Gasteiger partial charge in [-0.15, -0.1) is 0 Å². The van der Waals surface area contributed by atoms with Gasteiger partial charge in [0.05, 0.1) is 12.3 Å². The number of likely N-dealkylation sites (tertiary alicyclic amines) is 1. The molecule has 1 aliphatic rings. The molecule has 26 heavy (non-hydrogen) atoms. The van der Waals surface area contributed by atoms with E-state index in [1.165, 1.54) is 23.1 Å². The van der Waals surface area contributed by atoms with E-state index in [1.807, 2.05) is 31.2 Å². The van der Waals surface area contributed by atoms with Crippen molar-refractivity contribution >= 4 is 45.8 Å². The van der Waals surface area contributed by atoms with E-state index in [0.717, 1.165) is 35.1 Å². The van der Waals surface area contributed by atoms with Crippen molar-refractivity contribution in [3.05, 3.63) is 29.8 Å². The van der Waals surface area contributed by atoms with Crippen molar-refractivity contribution in [1.82, 2.24) is 9.80 Å². The van der Waals surface area contributed by atoms with Crippen molar-refractivity contribution in [3.63, 3.8) is 0 Å². The highest BCUT2D eigenvalue weighted by atomic mass is 32.2. The third kappa shape index (κ3) is 6.61. The summed E-state index contributed by atoms with van der Waals surface area (Å²) in [5, 5.41) is 2.80. The molecule has 2 rings (SSSR count). The van der Waals surface area contributed by atoms with Crippen LogP contribution in [0, 0.1) is 12.8 Å². The molecule has 0 spiro atoms. The van der Waals surface area contributed by atoms with Crippen molar-refractivity contribution in [2.45, 2.75) is 26.7 Å². The van der Waals surface area contributed by atoms with Gasteiger partial charge in [0.2, 0.25) is 11.8 Å². The third-order valence-corrected chi connectivity index (χ3v) is 5.88. The van der Waals surface area contributed by atoms with Crippen LogP contribution in [0.4, 0.5) is 5.69 Å². The van der Waals surface area contributed by atoms with E-state index in [0.29, 0.717) is 5.92 Å². The zero-order chi connectivity index (χ0) is 19.1. The number of carbonyl (C=O) groups excluding carboxylic acids is 2. The van der Waals surface area contributed by atoms with Gasteiger partial charge in [-0.3, -0.25) is 9.59 Å². The summed E-state index contributed by atoms with van der Waals surface area (Å²) in [6, 6.07) is 7.57. The van der Waals surface area contributed by atoms with Crippen molar-refractivity contribution in [2.24, 2.45) is 5.92 Å². The molecule has 1 heterocycles. The summed E-state index contributed by atoms with van der Waals surface area (Å²) in [6.45, 7) is 6.19. The topological polar surface area (TPSA) is 52.7 Å². The molecule has 0 unspecified atom stereocenters. The van der Waals surface area contributed by atoms with Crippen LogP contribution in [0.3, 0.4) is 0 Å². The molecule has 1 aromatic rings. The van der Waals surface area contributed by atoms with Crippen LogP contribution in [0.25, 0.3) is 0 Å². The average Bonchev–Trinajstić information content (AvgIpc) is 2.61. The second kappa shape index (κ2) is 9.92. The van der Waals surface area contributed by atoms with E-state index in [-0.39, 0.29) is 24.1 Å². The van der Waals surface area contributed by atoms with Gasteiger partial charge in [-0.1, -0.05) is 48.6 Å². The van der Waals surface area contributed by atoms with Gasteiger partial charge in [0.1, 0.15) is 4.32 Å². The van der Waals surface area contributed by atoms with E-state index in [2.05, 4.69) is 17.1 Å². The molecule has 0 radical (unpaired) electrons. The Labute approximate surface area is 165 Å². The van der Waals surface area contributed by atoms with Crippen molar-refractivity contribution in [2.75, 3.05) is 37.8 Å². The Balaban J connectivity index is 1.73. The summed E-state index contributed by atoms with van der Waals surface area (Å²) >= 11 is 6.84. The van der Waals surface area contributed by atoms with Crippen molar-refractivity contribution in [3.8, 4) is 0 Å². The molecule has 1 aromatic carbocycles. The van der Waals surface area contributed by atoms with Gasteiger partial charge in [-0.2, -0.15) is 0 Å². The predicted molar refractivity (Wildman–Crippen MR) is 112 cm³/mol. The van der Waals surface area contributed by atoms with Gasteiger partial charge in [-0.25, -0.2) is 0 Å². The van der Waals surface area contributed by atoms with E-state index in [9.17, 15) is 9.59 Å². The minimum Gasteiger partial charge on any atom is -0.357 e. The first-order valence-electron chi connectivity index (χ1n) is 8.87. The molecule has 0 saturated carbocycles. The van der Waals surface area contributed by atoms with Gasteiger partial charge in [-0.05, 0) is 37.8 Å². The Morgan fingerprint density at radius 2 is 2.04 bits per heavy atom. The second-order valence-electron chi connectivity index (χ2n) is 6.91. The van der Waals surface area contributed by atoms with Gasteiger partial charge in [0.15, 0.2) is 0 Å². The molecular weight excluding hydrogens is 366 g/mol. The van der Waals surface area contributed by atoms with Crippen molar-refractivity contribution in [1.29, 1.82) is 0 Å². The molecule has 142 valence electrons. The Kier molecular flexibility index (Phi) is 7.90. The Morgan fingerprint density at radius 3 is 2.69 bits per heavy atom. The lowest BCUT2D eigenvalue weighted by Gasteiger charge is -2.32. The number of rotatable bonds is 5. The maximum atomic E-state index is 12.3. The molecule has 1 fully saturated rings. The maximum absolute atomic E-state index is 12.3. The highest BCUT2D eigenvalue weighted by Gasteiger charge is 2.20. The van der Waals surface area contributed by atoms with Gasteiger partial charge < -0.3 is 15.1 Å². The fourth-order valence-electron chi connectivity index (χ4n) is 2.82. The molecule has 1 aliphatic heterocycles. The standard InChI is InChI=1S/C19H27N3O2S2/c1-14-6-8-16(9-7-14)20-17(23)12-21(3)18(24)13-26-19(25)22-10-4-5-15(2)11-22/h6-9,15H,4-5,10-13H2,1-3H3,(H,20,23)/t15-/m1/s1. The summed E-state index contributed by atoms with van der Waals surface area (Å²) in [6.07, 6.45) is 2.39. The number of nitrogens with zero attached hydrogens (tertiary/aromatic N) is 2. The number of thiocarbonyl (C=S) groups is 1. The lowest BCUT2D eigenvalue weighted by Crippen LogP contribution is -2.39. The molecule has 0 aliphatic carbocycles. The van der Waals surface area contributed by atoms with E-state index in [1.54, 1.807) is 7.05 Å². The van der Waals surface area contributed by atoms with Crippen LogP contribution in [-0.2, 0) is 9.59 Å². The molecule has 5 nitrogen and oxygen atoms in total. The van der Waals surface area contributed by atoms with Gasteiger partial charge in [0.25, 0.3) is 0 Å². The predicted octanol–water partition coefficient (Wildman–Crippen LogP) is 3.14. The molecule has 1 N–H and O–H groups in total. The average molecular weight is 394 g/mol. The number of aryl methyl sites for hydroxylation is 1. The van der Waals surface area contributed by atoms with E-state index < -0.39 is 0 Å². The van der Waals surface area contributed by atoms with Crippen LogP contribution >= 0.6 is 24.0 Å². The number of amides is 2. The van der Waals surface area contributed by atoms with Gasteiger partial charge in [0, 0.05) is 25.8 Å². The third-order valence-electron chi connectivity index (χ3n) is 4.38. The molecule has 0 aromatic heterocycles. The molecule has 2 amide bonds. The number of nitrogens with one attached hydrogen (secondary N) is 1. The first kappa shape index (κ1) is 20.7. The largest absolute Gasteiger partial charge is 0.357 e. The van der Waals surface area contributed by atoms with Crippen LogP contribution in [0.2, 0.25) is 0 Å². The molecule has 1 saturated heterocycles. The fraction of sp³-hybridized carbons (Fsp3) is 0.526. The number of piperidine rings is 1. The first-order valence-corrected chi connectivity index (χ1v) is 10.3. The lowest BCUT2D eigenvalue weighted by molar-refractivity contribution is -0.131. The Morgan fingerprint density at radius 1 is 1.35 bits per heavy atom. The Bertz CT molecular complexity index is 649. The minimum atomic E-state index is -0.206. The van der Waals surface area contributed by atoms with Crippen LogP contribution in [0.5, 0.6) is 0 Å². The van der Waals surface area contributed by atoms with E-state index >= 15 is 0 Å². The van der Waals surface area contributed by atoms with Crippen LogP contribution in [-0.4, -0.2) is 58.4 Å². The molecule has 7 heteroatoms. The monoisotopic (exact) mass is 393 g/mol. The van der Waals surface area contributed by atoms with Crippen LogP contribution in [0.1, 0.15) is 25.3 Å². The normalized spacial score (nSPS) is 16.9. The quantitative estimate of drug-likeness (QED) is 0.779. The number of thioether (sulfide) groups is 1. The zero-order valence-electron chi connectivity index (χ0n) is 15.7. The van der Waals surface area contributed by atoms with Crippen LogP contribution < -0.4 is 5.32 Å². The molecule has 0 bridgehead atoms. The maximum Gasteiger partial charge on any atom is 0.243 e. The first-order chi connectivity index (χ1) is 12.3. The lowest BCUT2D eigenvalue weighted by atomic mass is 10.0. The summed E-state index contributed by atoms with van der Waals surface area (Å²) < 4.78 is 0.780. The van der Waals surface area contributed by atoms with Gasteiger partial charge >= 0.3 is 0 Å². The summed E-state index contributed by atoms with van der Waals surface area (Å²) in [4.78, 5) is 28.0. The highest BCUT2D eigenvalue weighted by Crippen LogP contribution is 2.20. The van der Waals surface area contributed by atoms with Crippen molar-refractivity contribution < 1.29 is 9.59 Å². The summed E-state index contributed by atoms with van der Waals surface area (Å²) in [7, 11) is 1.64. The molecular formula is C19H27N3O2S2. The smallest absolute Gasteiger partial charge is 0.243 e. The highest BCUT2D eigenvalue weighted by molar-refractivity contribution is 8.23. The zero-order valence-corrected chi connectivity index (χ0v) is 17.3. The number of benzene rings is 1. The number of likely N-dealkylation sites (N-methyl/N-ethyl adjacent to an activating group) is 1. The summed E-state index contributed by atoms with van der Waals surface area (Å²) in [5.41, 5.74) is 1.86. The van der Waals surface area contributed by atoms with Crippen LogP contribution in [0.15, 0.2) is 24.3 Å². The Hall–Kier alpha value is -1.60. The molecule has 1 atom stereocenters. The fourth-order valence-corrected chi connectivity index (χ4v) is 3.98. The second-order valence-corrected chi connectivity index (χ2v) is 8.52.